The van der Waals surface area contributed by atoms with Gasteiger partial charge >= 0.3 is 0 Å². The number of benzene rings is 2. The fourth-order valence-corrected chi connectivity index (χ4v) is 3.21. The largest absolute Gasteiger partial charge is 0.504 e. The molecule has 0 saturated carbocycles. The van der Waals surface area contributed by atoms with Gasteiger partial charge in [-0.05, 0) is 73.9 Å². The Balaban J connectivity index is 0.000000272. The monoisotopic (exact) mass is 444 g/mol. The molecule has 5 nitrogen and oxygen atoms in total. The summed E-state index contributed by atoms with van der Waals surface area (Å²) in [4.78, 5) is 0. The molecule has 32 heavy (non-hydrogen) atoms. The maximum Gasteiger partial charge on any atom is 0.231 e. The normalized spacial score (nSPS) is 17.8. The molecule has 2 aliphatic heterocycles. The van der Waals surface area contributed by atoms with Gasteiger partial charge in [-0.25, -0.2) is 0 Å². The van der Waals surface area contributed by atoms with E-state index in [9.17, 15) is 5.11 Å². The predicted octanol–water partition coefficient (Wildman–Crippen LogP) is 6.56. The van der Waals surface area contributed by atoms with Crippen LogP contribution in [0.1, 0.15) is 45.2 Å². The molecule has 0 radical (unpaired) electrons. The van der Waals surface area contributed by atoms with Crippen molar-refractivity contribution in [1.29, 1.82) is 0 Å². The van der Waals surface area contributed by atoms with E-state index in [1.165, 1.54) is 5.56 Å². The summed E-state index contributed by atoms with van der Waals surface area (Å²) in [5.41, 5.74) is 2.34. The maximum absolute atomic E-state index is 9.67. The van der Waals surface area contributed by atoms with Crippen molar-refractivity contribution < 1.29 is 24.1 Å². The molecule has 1 N–H and O–H groups in total. The highest BCUT2D eigenvalue weighted by Crippen LogP contribution is 2.32. The number of fused-ring (bicyclic) bond motifs is 1. The van der Waals surface area contributed by atoms with Crippen LogP contribution >= 0.6 is 0 Å². The van der Waals surface area contributed by atoms with Crippen molar-refractivity contribution in [2.45, 2.75) is 53.6 Å². The zero-order valence-electron chi connectivity index (χ0n) is 20.5. The third-order valence-corrected chi connectivity index (χ3v) is 4.80. The Labute approximate surface area is 194 Å². The van der Waals surface area contributed by atoms with Gasteiger partial charge in [0.25, 0.3) is 0 Å². The van der Waals surface area contributed by atoms with Crippen LogP contribution in [-0.4, -0.2) is 31.7 Å². The molecule has 2 aromatic carbocycles. The summed E-state index contributed by atoms with van der Waals surface area (Å²) in [5.74, 6) is 3.85. The molecule has 1 unspecified atom stereocenters. The highest BCUT2D eigenvalue weighted by Gasteiger charge is 2.24. The molecular weight excluding hydrogens is 404 g/mol. The number of phenolic OH excluding ortho intramolecular Hbond substituents is 1. The van der Waals surface area contributed by atoms with Crippen molar-refractivity contribution in [3.05, 3.63) is 60.7 Å². The summed E-state index contributed by atoms with van der Waals surface area (Å²) in [6, 6.07) is 11.5. The van der Waals surface area contributed by atoms with Gasteiger partial charge in [-0.1, -0.05) is 32.9 Å². The van der Waals surface area contributed by atoms with Gasteiger partial charge in [-0.2, -0.15) is 0 Å². The SMILES string of the molecule is C=C.CC(C)C.COc1ccc(C[C@@H]2CCOC2C)cc1O.Cc1ccc2c(c1)OCO2. The van der Waals surface area contributed by atoms with E-state index >= 15 is 0 Å². The zero-order valence-corrected chi connectivity index (χ0v) is 20.5. The first-order chi connectivity index (χ1) is 15.3. The van der Waals surface area contributed by atoms with Crippen LogP contribution in [-0.2, 0) is 11.2 Å². The minimum absolute atomic E-state index is 0.214. The predicted molar refractivity (Wildman–Crippen MR) is 131 cm³/mol. The molecule has 2 heterocycles. The molecule has 2 aliphatic rings. The number of ether oxygens (including phenoxy) is 4. The Morgan fingerprint density at radius 3 is 2.28 bits per heavy atom. The molecule has 0 aromatic heterocycles. The second-order valence-corrected chi connectivity index (χ2v) is 8.42. The minimum Gasteiger partial charge on any atom is -0.504 e. The van der Waals surface area contributed by atoms with Crippen molar-refractivity contribution in [2.75, 3.05) is 20.5 Å². The van der Waals surface area contributed by atoms with E-state index in [-0.39, 0.29) is 5.75 Å². The van der Waals surface area contributed by atoms with Gasteiger partial charge in [-0.3, -0.25) is 0 Å². The molecule has 1 saturated heterocycles. The number of phenols is 1. The highest BCUT2D eigenvalue weighted by molar-refractivity contribution is 5.44. The van der Waals surface area contributed by atoms with Gasteiger partial charge in [-0.15, -0.1) is 13.2 Å². The quantitative estimate of drug-likeness (QED) is 0.544. The molecule has 0 spiro atoms. The molecule has 4 rings (SSSR count). The lowest BCUT2D eigenvalue weighted by molar-refractivity contribution is 0.106. The second kappa shape index (κ2) is 14.4. The topological polar surface area (TPSA) is 57.2 Å². The lowest BCUT2D eigenvalue weighted by Gasteiger charge is -2.14. The van der Waals surface area contributed by atoms with Crippen LogP contribution in [0, 0.1) is 18.8 Å². The molecule has 5 heteroatoms. The number of methoxy groups -OCH3 is 1. The van der Waals surface area contributed by atoms with Gasteiger partial charge in [0.05, 0.1) is 13.2 Å². The fraction of sp³-hybridized carbons (Fsp3) is 0.481. The average molecular weight is 445 g/mol. The first-order valence-corrected chi connectivity index (χ1v) is 11.1. The standard InChI is InChI=1S/C13H18O3.C8H8O2.C4H10.C2H4/c1-9-11(5-6-16-9)7-10-3-4-13(15-2)12(14)8-10;1-6-2-3-7-8(4-6)10-5-9-7;1-4(2)3;1-2/h3-4,8-9,11,14H,5-7H2,1-2H3;2-4H,5H2,1H3;4H,1-3H3;1-2H2/t9?,11-;;;/m0.../s1. The van der Waals surface area contributed by atoms with Gasteiger partial charge in [0.1, 0.15) is 0 Å². The van der Waals surface area contributed by atoms with E-state index < -0.39 is 0 Å². The summed E-state index contributed by atoms with van der Waals surface area (Å²) in [6.07, 6.45) is 2.39. The lowest BCUT2D eigenvalue weighted by Crippen LogP contribution is -2.13. The van der Waals surface area contributed by atoms with E-state index in [0.29, 0.717) is 24.6 Å². The summed E-state index contributed by atoms with van der Waals surface area (Å²) in [7, 11) is 1.56. The second-order valence-electron chi connectivity index (χ2n) is 8.42. The molecule has 0 bridgehead atoms. The van der Waals surface area contributed by atoms with Gasteiger partial charge < -0.3 is 24.1 Å². The van der Waals surface area contributed by atoms with E-state index in [1.54, 1.807) is 13.2 Å². The van der Waals surface area contributed by atoms with Crippen LogP contribution in [0.3, 0.4) is 0 Å². The van der Waals surface area contributed by atoms with Crippen LogP contribution in [0.15, 0.2) is 49.6 Å². The number of aromatic hydroxyl groups is 1. The smallest absolute Gasteiger partial charge is 0.231 e. The Bertz CT molecular complexity index is 800. The lowest BCUT2D eigenvalue weighted by atomic mass is 9.94. The van der Waals surface area contributed by atoms with E-state index in [0.717, 1.165) is 42.4 Å². The van der Waals surface area contributed by atoms with Crippen molar-refractivity contribution in [3.8, 4) is 23.0 Å². The van der Waals surface area contributed by atoms with Crippen molar-refractivity contribution in [3.63, 3.8) is 0 Å². The van der Waals surface area contributed by atoms with Crippen LogP contribution in [0.25, 0.3) is 0 Å². The van der Waals surface area contributed by atoms with E-state index in [4.69, 9.17) is 18.9 Å². The number of hydrogen-bond acceptors (Lipinski definition) is 5. The molecule has 178 valence electrons. The average Bonchev–Trinajstić information content (AvgIpc) is 3.38. The summed E-state index contributed by atoms with van der Waals surface area (Å²) in [5, 5.41) is 9.67. The molecule has 0 amide bonds. The maximum atomic E-state index is 9.67. The first-order valence-electron chi connectivity index (χ1n) is 11.1. The molecule has 2 aromatic rings. The van der Waals surface area contributed by atoms with Crippen molar-refractivity contribution in [2.24, 2.45) is 11.8 Å². The summed E-state index contributed by atoms with van der Waals surface area (Å²) < 4.78 is 20.8. The number of aryl methyl sites for hydroxylation is 1. The molecule has 0 aliphatic carbocycles. The zero-order chi connectivity index (χ0) is 24.1. The Kier molecular flexibility index (Phi) is 12.3. The minimum atomic E-state index is 0.214. The third-order valence-electron chi connectivity index (χ3n) is 4.80. The molecule has 1 fully saturated rings. The number of rotatable bonds is 3. The van der Waals surface area contributed by atoms with Crippen molar-refractivity contribution in [1.82, 2.24) is 0 Å². The van der Waals surface area contributed by atoms with Gasteiger partial charge in [0.15, 0.2) is 23.0 Å². The fourth-order valence-electron chi connectivity index (χ4n) is 3.21. The Morgan fingerprint density at radius 1 is 1.06 bits per heavy atom. The Morgan fingerprint density at radius 2 is 1.72 bits per heavy atom. The summed E-state index contributed by atoms with van der Waals surface area (Å²) in [6.45, 7) is 17.9. The van der Waals surface area contributed by atoms with E-state index in [2.05, 4.69) is 40.9 Å². The molecular formula is C27H40O5. The molecule has 2 atom stereocenters. The van der Waals surface area contributed by atoms with Gasteiger partial charge in [0, 0.05) is 6.61 Å². The van der Waals surface area contributed by atoms with Crippen LogP contribution in [0.2, 0.25) is 0 Å². The number of hydrogen-bond donors (Lipinski definition) is 1. The van der Waals surface area contributed by atoms with Crippen LogP contribution < -0.4 is 14.2 Å². The highest BCUT2D eigenvalue weighted by atomic mass is 16.7. The first kappa shape index (κ1) is 27.4. The van der Waals surface area contributed by atoms with Crippen molar-refractivity contribution >= 4 is 0 Å². The van der Waals surface area contributed by atoms with Gasteiger partial charge in [0.2, 0.25) is 6.79 Å². The Hall–Kier alpha value is -2.66. The third kappa shape index (κ3) is 9.23. The van der Waals surface area contributed by atoms with Crippen LogP contribution in [0.5, 0.6) is 23.0 Å². The van der Waals surface area contributed by atoms with Crippen LogP contribution in [0.4, 0.5) is 0 Å². The summed E-state index contributed by atoms with van der Waals surface area (Å²) >= 11 is 0. The van der Waals surface area contributed by atoms with E-state index in [1.807, 2.05) is 37.3 Å².